The van der Waals surface area contributed by atoms with Crippen LogP contribution in [-0.4, -0.2) is 31.9 Å². The van der Waals surface area contributed by atoms with Crippen LogP contribution in [0, 0.1) is 5.82 Å². The van der Waals surface area contributed by atoms with E-state index < -0.39 is 0 Å². The van der Waals surface area contributed by atoms with Crippen LogP contribution in [-0.2, 0) is 9.47 Å². The third-order valence-corrected chi connectivity index (χ3v) is 2.31. The molecule has 1 rings (SSSR count). The molecule has 0 aromatic carbocycles. The summed E-state index contributed by atoms with van der Waals surface area (Å²) in [4.78, 5) is 3.78. The molecule has 0 aliphatic heterocycles. The molecule has 0 saturated carbocycles. The number of nitrogens with two attached hydrogens (primary N) is 1. The van der Waals surface area contributed by atoms with Gasteiger partial charge < -0.3 is 9.47 Å². The molecule has 1 atom stereocenters. The van der Waals surface area contributed by atoms with Gasteiger partial charge in [-0.25, -0.2) is 4.39 Å². The van der Waals surface area contributed by atoms with Crippen molar-refractivity contribution in [3.63, 3.8) is 0 Å². The number of aromatic nitrogens is 1. The minimum absolute atomic E-state index is 0.166. The predicted octanol–water partition coefficient (Wildman–Crippen LogP) is 0.778. The Labute approximate surface area is 100 Å². The molecule has 6 heteroatoms. The van der Waals surface area contributed by atoms with Gasteiger partial charge in [0.25, 0.3) is 0 Å². The Balaban J connectivity index is 2.38. The number of pyridine rings is 1. The first-order chi connectivity index (χ1) is 8.27. The maximum absolute atomic E-state index is 13.0. The summed E-state index contributed by atoms with van der Waals surface area (Å²) in [5.74, 6) is 5.04. The third-order valence-electron chi connectivity index (χ3n) is 2.31. The Morgan fingerprint density at radius 3 is 2.88 bits per heavy atom. The van der Waals surface area contributed by atoms with Crippen molar-refractivity contribution < 1.29 is 13.9 Å². The lowest BCUT2D eigenvalue weighted by molar-refractivity contribution is 0.0657. The van der Waals surface area contributed by atoms with Crippen LogP contribution in [0.25, 0.3) is 0 Å². The minimum Gasteiger partial charge on any atom is -0.382 e. The highest BCUT2D eigenvalue weighted by Crippen LogP contribution is 2.15. The van der Waals surface area contributed by atoms with Crippen molar-refractivity contribution in [2.75, 3.05) is 26.9 Å². The molecule has 5 nitrogen and oxygen atoms in total. The zero-order chi connectivity index (χ0) is 12.5. The van der Waals surface area contributed by atoms with Crippen LogP contribution in [0.1, 0.15) is 18.0 Å². The minimum atomic E-state index is -0.372. The summed E-state index contributed by atoms with van der Waals surface area (Å²) in [6.45, 7) is 1.62. The quantitative estimate of drug-likeness (QED) is 0.401. The van der Waals surface area contributed by atoms with Crippen molar-refractivity contribution >= 4 is 0 Å². The summed E-state index contributed by atoms with van der Waals surface area (Å²) in [6.07, 6.45) is 3.39. The normalized spacial score (nSPS) is 12.6. The molecule has 0 aliphatic carbocycles. The number of hydrogen-bond acceptors (Lipinski definition) is 5. The Hall–Kier alpha value is -1.08. The fourth-order valence-electron chi connectivity index (χ4n) is 1.41. The summed E-state index contributed by atoms with van der Waals surface area (Å²) < 4.78 is 23.1. The highest BCUT2D eigenvalue weighted by Gasteiger charge is 2.10. The lowest BCUT2D eigenvalue weighted by Crippen LogP contribution is -2.29. The van der Waals surface area contributed by atoms with E-state index in [4.69, 9.17) is 15.3 Å². The molecule has 1 aromatic heterocycles. The molecule has 0 aliphatic rings. The largest absolute Gasteiger partial charge is 0.382 e. The van der Waals surface area contributed by atoms with Gasteiger partial charge in [0.1, 0.15) is 5.82 Å². The average Bonchev–Trinajstić information content (AvgIpc) is 2.34. The molecule has 96 valence electrons. The number of ether oxygens (including phenoxy) is 2. The van der Waals surface area contributed by atoms with Gasteiger partial charge in [0.05, 0.1) is 19.4 Å². The molecule has 0 radical (unpaired) electrons. The topological polar surface area (TPSA) is 69.4 Å². The molecule has 17 heavy (non-hydrogen) atoms. The van der Waals surface area contributed by atoms with Gasteiger partial charge in [0.2, 0.25) is 0 Å². The van der Waals surface area contributed by atoms with E-state index in [0.717, 1.165) is 6.20 Å². The lowest BCUT2D eigenvalue weighted by atomic mass is 10.1. The lowest BCUT2D eigenvalue weighted by Gasteiger charge is -2.15. The van der Waals surface area contributed by atoms with E-state index in [9.17, 15) is 4.39 Å². The van der Waals surface area contributed by atoms with Gasteiger partial charge in [-0.3, -0.25) is 16.3 Å². The van der Waals surface area contributed by atoms with Crippen molar-refractivity contribution in [3.05, 3.63) is 29.8 Å². The molecular weight excluding hydrogens is 225 g/mol. The van der Waals surface area contributed by atoms with Crippen LogP contribution in [0.2, 0.25) is 0 Å². The molecule has 0 bridgehead atoms. The summed E-state index contributed by atoms with van der Waals surface area (Å²) in [5, 5.41) is 0. The monoisotopic (exact) mass is 243 g/mol. The van der Waals surface area contributed by atoms with Gasteiger partial charge in [-0.2, -0.15) is 0 Å². The molecule has 0 spiro atoms. The number of nitrogens with zero attached hydrogens (tertiary/aromatic N) is 1. The molecule has 0 fully saturated rings. The summed E-state index contributed by atoms with van der Waals surface area (Å²) in [5.41, 5.74) is 3.33. The van der Waals surface area contributed by atoms with E-state index in [1.165, 1.54) is 6.07 Å². The first-order valence-corrected chi connectivity index (χ1v) is 5.41. The fourth-order valence-corrected chi connectivity index (χ4v) is 1.41. The van der Waals surface area contributed by atoms with Crippen molar-refractivity contribution in [1.29, 1.82) is 0 Å². The molecule has 1 unspecified atom stereocenters. The third kappa shape index (κ3) is 5.18. The first-order valence-electron chi connectivity index (χ1n) is 5.41. The second kappa shape index (κ2) is 8.08. The van der Waals surface area contributed by atoms with Crippen LogP contribution in [0.4, 0.5) is 4.39 Å². The Morgan fingerprint density at radius 2 is 2.24 bits per heavy atom. The van der Waals surface area contributed by atoms with Gasteiger partial charge in [-0.1, -0.05) is 0 Å². The van der Waals surface area contributed by atoms with Gasteiger partial charge in [0, 0.05) is 26.0 Å². The maximum atomic E-state index is 13.0. The van der Waals surface area contributed by atoms with Crippen LogP contribution in [0.3, 0.4) is 0 Å². The fraction of sp³-hybridized carbons (Fsp3) is 0.545. The number of methoxy groups -OCH3 is 1. The number of nitrogens with one attached hydrogen (secondary N) is 1. The Kier molecular flexibility index (Phi) is 6.64. The van der Waals surface area contributed by atoms with Gasteiger partial charge in [-0.15, -0.1) is 0 Å². The highest BCUT2D eigenvalue weighted by molar-refractivity contribution is 5.14. The standard InChI is InChI=1S/C11H18FN3O2/c1-16-4-5-17-3-2-11(15-13)9-6-10(12)8-14-7-9/h6-8,11,15H,2-5,13H2,1H3. The van der Waals surface area contributed by atoms with Crippen molar-refractivity contribution in [2.24, 2.45) is 5.84 Å². The second-order valence-corrected chi connectivity index (χ2v) is 3.55. The Bertz CT molecular complexity index is 325. The van der Waals surface area contributed by atoms with Crippen molar-refractivity contribution in [3.8, 4) is 0 Å². The first kappa shape index (κ1) is 14.0. The molecular formula is C11H18FN3O2. The summed E-state index contributed by atoms with van der Waals surface area (Å²) in [7, 11) is 1.62. The molecule has 1 aromatic rings. The van der Waals surface area contributed by atoms with E-state index in [0.29, 0.717) is 31.8 Å². The number of hydrogen-bond donors (Lipinski definition) is 2. The van der Waals surface area contributed by atoms with E-state index in [1.807, 2.05) is 0 Å². The molecule has 0 amide bonds. The van der Waals surface area contributed by atoms with Crippen LogP contribution >= 0.6 is 0 Å². The number of halogens is 1. The molecule has 0 saturated heterocycles. The van der Waals surface area contributed by atoms with Crippen LogP contribution in [0.5, 0.6) is 0 Å². The summed E-state index contributed by atoms with van der Waals surface area (Å²) in [6, 6.07) is 1.24. The van der Waals surface area contributed by atoms with Crippen molar-refractivity contribution in [1.82, 2.24) is 10.4 Å². The molecule has 3 N–H and O–H groups in total. The summed E-state index contributed by atoms with van der Waals surface area (Å²) >= 11 is 0. The zero-order valence-corrected chi connectivity index (χ0v) is 9.86. The highest BCUT2D eigenvalue weighted by atomic mass is 19.1. The number of rotatable bonds is 8. The maximum Gasteiger partial charge on any atom is 0.141 e. The Morgan fingerprint density at radius 1 is 1.41 bits per heavy atom. The predicted molar refractivity (Wildman–Crippen MR) is 61.6 cm³/mol. The second-order valence-electron chi connectivity index (χ2n) is 3.55. The van der Waals surface area contributed by atoms with Gasteiger partial charge in [0.15, 0.2) is 0 Å². The van der Waals surface area contributed by atoms with Crippen LogP contribution in [0.15, 0.2) is 18.5 Å². The smallest absolute Gasteiger partial charge is 0.141 e. The van der Waals surface area contributed by atoms with E-state index in [2.05, 4.69) is 10.4 Å². The average molecular weight is 243 g/mol. The molecule has 1 heterocycles. The number of hydrazine groups is 1. The van der Waals surface area contributed by atoms with Gasteiger partial charge >= 0.3 is 0 Å². The van der Waals surface area contributed by atoms with E-state index >= 15 is 0 Å². The van der Waals surface area contributed by atoms with Gasteiger partial charge in [-0.05, 0) is 18.1 Å². The van der Waals surface area contributed by atoms with E-state index in [-0.39, 0.29) is 11.9 Å². The van der Waals surface area contributed by atoms with E-state index in [1.54, 1.807) is 13.3 Å². The SMILES string of the molecule is COCCOCCC(NN)c1cncc(F)c1. The van der Waals surface area contributed by atoms with Crippen LogP contribution < -0.4 is 11.3 Å². The zero-order valence-electron chi connectivity index (χ0n) is 9.86. The van der Waals surface area contributed by atoms with Crippen molar-refractivity contribution in [2.45, 2.75) is 12.5 Å².